The van der Waals surface area contributed by atoms with E-state index in [1.807, 2.05) is 6.26 Å². The van der Waals surface area contributed by atoms with Crippen molar-refractivity contribution in [2.75, 3.05) is 13.1 Å². The molecule has 0 saturated carbocycles. The highest BCUT2D eigenvalue weighted by molar-refractivity contribution is 5.29. The predicted molar refractivity (Wildman–Crippen MR) is 88.5 cm³/mol. The van der Waals surface area contributed by atoms with Crippen LogP contribution >= 0.6 is 0 Å². The molecule has 2 aromatic rings. The zero-order valence-corrected chi connectivity index (χ0v) is 13.4. The van der Waals surface area contributed by atoms with Gasteiger partial charge in [-0.05, 0) is 42.5 Å². The van der Waals surface area contributed by atoms with Crippen LogP contribution in [0.5, 0.6) is 0 Å². The van der Waals surface area contributed by atoms with Gasteiger partial charge in [0, 0.05) is 12.0 Å². The summed E-state index contributed by atoms with van der Waals surface area (Å²) in [7, 11) is 0. The third kappa shape index (κ3) is 4.21. The summed E-state index contributed by atoms with van der Waals surface area (Å²) in [5.41, 5.74) is 2.80. The fraction of sp³-hybridized carbons (Fsp3) is 0.474. The SMILES string of the molecule is CCC(CNCC(C)C)(Cc1ccoc1)c1ccccc1. The standard InChI is InChI=1S/C19H27NO/c1-4-19(15-20-13-16(2)3,12-17-10-11-21-14-17)18-8-6-5-7-9-18/h5-11,14,16,20H,4,12-13,15H2,1-3H3. The lowest BCUT2D eigenvalue weighted by molar-refractivity contribution is 0.366. The summed E-state index contributed by atoms with van der Waals surface area (Å²) in [5, 5.41) is 3.66. The highest BCUT2D eigenvalue weighted by Crippen LogP contribution is 2.31. The molecular weight excluding hydrogens is 258 g/mol. The summed E-state index contributed by atoms with van der Waals surface area (Å²) in [6.45, 7) is 8.83. The third-order valence-electron chi connectivity index (χ3n) is 4.20. The summed E-state index contributed by atoms with van der Waals surface area (Å²) in [4.78, 5) is 0. The average molecular weight is 285 g/mol. The lowest BCUT2D eigenvalue weighted by Gasteiger charge is -2.34. The van der Waals surface area contributed by atoms with Crippen molar-refractivity contribution < 1.29 is 4.42 Å². The highest BCUT2D eigenvalue weighted by Gasteiger charge is 2.30. The molecule has 114 valence electrons. The van der Waals surface area contributed by atoms with Crippen molar-refractivity contribution in [2.45, 2.75) is 39.0 Å². The molecule has 0 aliphatic carbocycles. The minimum atomic E-state index is 0.125. The normalized spacial score (nSPS) is 14.3. The first-order valence-corrected chi connectivity index (χ1v) is 7.93. The topological polar surface area (TPSA) is 25.2 Å². The van der Waals surface area contributed by atoms with Gasteiger partial charge in [0.1, 0.15) is 0 Å². The number of hydrogen-bond acceptors (Lipinski definition) is 2. The average Bonchev–Trinajstić information content (AvgIpc) is 2.99. The molecule has 1 aromatic heterocycles. The second kappa shape index (κ2) is 7.46. The Morgan fingerprint density at radius 1 is 1.14 bits per heavy atom. The van der Waals surface area contributed by atoms with E-state index in [1.54, 1.807) is 6.26 Å². The molecule has 0 saturated heterocycles. The Hall–Kier alpha value is -1.54. The van der Waals surface area contributed by atoms with Crippen molar-refractivity contribution in [3.05, 3.63) is 60.1 Å². The Labute approximate surface area is 128 Å². The first-order valence-electron chi connectivity index (χ1n) is 7.93. The maximum absolute atomic E-state index is 5.26. The fourth-order valence-electron chi connectivity index (χ4n) is 2.90. The van der Waals surface area contributed by atoms with E-state index < -0.39 is 0 Å². The second-order valence-corrected chi connectivity index (χ2v) is 6.33. The van der Waals surface area contributed by atoms with Crippen molar-refractivity contribution >= 4 is 0 Å². The maximum atomic E-state index is 5.26. The molecule has 2 nitrogen and oxygen atoms in total. The maximum Gasteiger partial charge on any atom is 0.0934 e. The minimum Gasteiger partial charge on any atom is -0.472 e. The van der Waals surface area contributed by atoms with Crippen molar-refractivity contribution in [2.24, 2.45) is 5.92 Å². The van der Waals surface area contributed by atoms with Crippen molar-refractivity contribution in [3.63, 3.8) is 0 Å². The van der Waals surface area contributed by atoms with Gasteiger partial charge in [-0.25, -0.2) is 0 Å². The van der Waals surface area contributed by atoms with Crippen LogP contribution in [0.15, 0.2) is 53.3 Å². The molecule has 0 fully saturated rings. The Morgan fingerprint density at radius 2 is 1.90 bits per heavy atom. The van der Waals surface area contributed by atoms with Gasteiger partial charge < -0.3 is 9.73 Å². The van der Waals surface area contributed by atoms with E-state index in [0.717, 1.165) is 25.9 Å². The summed E-state index contributed by atoms with van der Waals surface area (Å²) in [6, 6.07) is 12.9. The molecule has 21 heavy (non-hydrogen) atoms. The Balaban J connectivity index is 2.22. The fourth-order valence-corrected chi connectivity index (χ4v) is 2.90. The van der Waals surface area contributed by atoms with Crippen LogP contribution in [0.1, 0.15) is 38.3 Å². The molecule has 1 N–H and O–H groups in total. The Bertz CT molecular complexity index is 504. The summed E-state index contributed by atoms with van der Waals surface area (Å²) in [5.74, 6) is 0.671. The first kappa shape index (κ1) is 15.8. The number of benzene rings is 1. The van der Waals surface area contributed by atoms with E-state index >= 15 is 0 Å². The van der Waals surface area contributed by atoms with Gasteiger partial charge in [-0.15, -0.1) is 0 Å². The van der Waals surface area contributed by atoms with Crippen LogP contribution in [0.4, 0.5) is 0 Å². The van der Waals surface area contributed by atoms with Gasteiger partial charge in [-0.1, -0.05) is 51.1 Å². The zero-order valence-electron chi connectivity index (χ0n) is 13.4. The molecule has 1 heterocycles. The summed E-state index contributed by atoms with van der Waals surface area (Å²) < 4.78 is 5.26. The largest absolute Gasteiger partial charge is 0.472 e. The van der Waals surface area contributed by atoms with E-state index in [-0.39, 0.29) is 5.41 Å². The molecule has 0 aliphatic heterocycles. The number of rotatable bonds is 8. The minimum absolute atomic E-state index is 0.125. The molecule has 2 rings (SSSR count). The molecule has 0 spiro atoms. The number of nitrogens with one attached hydrogen (secondary N) is 1. The molecule has 0 bridgehead atoms. The van der Waals surface area contributed by atoms with Crippen LogP contribution in [0.3, 0.4) is 0 Å². The Morgan fingerprint density at radius 3 is 2.48 bits per heavy atom. The van der Waals surface area contributed by atoms with Gasteiger partial charge >= 0.3 is 0 Å². The van der Waals surface area contributed by atoms with Crippen molar-refractivity contribution in [1.29, 1.82) is 0 Å². The van der Waals surface area contributed by atoms with Crippen LogP contribution < -0.4 is 5.32 Å². The summed E-state index contributed by atoms with van der Waals surface area (Å²) >= 11 is 0. The van der Waals surface area contributed by atoms with Crippen molar-refractivity contribution in [3.8, 4) is 0 Å². The van der Waals surface area contributed by atoms with Crippen LogP contribution in [0, 0.1) is 5.92 Å². The lowest BCUT2D eigenvalue weighted by Crippen LogP contribution is -2.40. The molecule has 0 radical (unpaired) electrons. The van der Waals surface area contributed by atoms with E-state index in [1.165, 1.54) is 11.1 Å². The monoisotopic (exact) mass is 285 g/mol. The van der Waals surface area contributed by atoms with Gasteiger partial charge in [0.05, 0.1) is 12.5 Å². The quantitative estimate of drug-likeness (QED) is 0.777. The van der Waals surface area contributed by atoms with Gasteiger partial charge in [0.2, 0.25) is 0 Å². The van der Waals surface area contributed by atoms with E-state index in [2.05, 4.69) is 62.5 Å². The van der Waals surface area contributed by atoms with Gasteiger partial charge in [-0.2, -0.15) is 0 Å². The van der Waals surface area contributed by atoms with E-state index in [4.69, 9.17) is 4.42 Å². The highest BCUT2D eigenvalue weighted by atomic mass is 16.3. The molecular formula is C19H27NO. The van der Waals surface area contributed by atoms with E-state index in [0.29, 0.717) is 5.92 Å². The van der Waals surface area contributed by atoms with Gasteiger partial charge in [0.25, 0.3) is 0 Å². The third-order valence-corrected chi connectivity index (χ3v) is 4.20. The molecule has 0 aliphatic rings. The molecule has 1 atom stereocenters. The Kier molecular flexibility index (Phi) is 5.63. The van der Waals surface area contributed by atoms with E-state index in [9.17, 15) is 0 Å². The van der Waals surface area contributed by atoms with Gasteiger partial charge in [-0.3, -0.25) is 0 Å². The predicted octanol–water partition coefficient (Wildman–Crippen LogP) is 4.42. The number of furan rings is 1. The molecule has 1 unspecified atom stereocenters. The van der Waals surface area contributed by atoms with Crippen LogP contribution in [0.2, 0.25) is 0 Å². The van der Waals surface area contributed by atoms with Crippen LogP contribution in [0.25, 0.3) is 0 Å². The molecule has 1 aromatic carbocycles. The lowest BCUT2D eigenvalue weighted by atomic mass is 9.73. The molecule has 2 heteroatoms. The van der Waals surface area contributed by atoms with Crippen LogP contribution in [-0.2, 0) is 11.8 Å². The number of hydrogen-bond donors (Lipinski definition) is 1. The van der Waals surface area contributed by atoms with Gasteiger partial charge in [0.15, 0.2) is 0 Å². The summed E-state index contributed by atoms with van der Waals surface area (Å²) in [6.07, 6.45) is 5.75. The first-order chi connectivity index (χ1) is 10.2. The smallest absolute Gasteiger partial charge is 0.0934 e. The second-order valence-electron chi connectivity index (χ2n) is 6.33. The van der Waals surface area contributed by atoms with Crippen LogP contribution in [-0.4, -0.2) is 13.1 Å². The molecule has 0 amide bonds. The van der Waals surface area contributed by atoms with Crippen molar-refractivity contribution in [1.82, 2.24) is 5.32 Å². The zero-order chi connectivity index (χ0) is 15.1.